The predicted molar refractivity (Wildman–Crippen MR) is 116 cm³/mol. The molecule has 0 radical (unpaired) electrons. The van der Waals surface area contributed by atoms with Crippen molar-refractivity contribution in [3.05, 3.63) is 65.4 Å². The Balaban J connectivity index is 1.31. The number of nitrogens with one attached hydrogen (secondary N) is 1. The highest BCUT2D eigenvalue weighted by molar-refractivity contribution is 6.00. The van der Waals surface area contributed by atoms with Crippen molar-refractivity contribution < 1.29 is 0 Å². The Hall–Kier alpha value is -2.86. The molecule has 0 spiro atoms. The Morgan fingerprint density at radius 3 is 2.79 bits per heavy atom. The Morgan fingerprint density at radius 2 is 1.97 bits per heavy atom. The molecule has 1 N–H and O–H groups in total. The van der Waals surface area contributed by atoms with Crippen molar-refractivity contribution in [3.63, 3.8) is 0 Å². The van der Waals surface area contributed by atoms with E-state index in [2.05, 4.69) is 69.3 Å². The lowest BCUT2D eigenvalue weighted by molar-refractivity contribution is 0.302. The summed E-state index contributed by atoms with van der Waals surface area (Å²) in [4.78, 5) is 14.4. The standard InChI is InChI=1S/C23H26N6/c1-16-13-29-14-18(12-20(17-2-3-17)23(29)25-16)21-6-9-28-15-19(4-5-22(28)26-21)27-10-7-24-8-11-27/h4-6,12-15,17,24H,2-3,7-11H2,1H3. The highest BCUT2D eigenvalue weighted by atomic mass is 15.2. The van der Waals surface area contributed by atoms with Gasteiger partial charge in [-0.2, -0.15) is 0 Å². The SMILES string of the molecule is Cc1cn2cc(C3=CCN4C=C(N5CCNCC5)C=CC4=N3)cc(C3CC3)c2n1. The molecule has 0 amide bonds. The van der Waals surface area contributed by atoms with Crippen LogP contribution < -0.4 is 5.32 Å². The summed E-state index contributed by atoms with van der Waals surface area (Å²) in [6.07, 6.45) is 15.7. The predicted octanol–water partition coefficient (Wildman–Crippen LogP) is 2.89. The van der Waals surface area contributed by atoms with E-state index in [4.69, 9.17) is 9.98 Å². The van der Waals surface area contributed by atoms with Gasteiger partial charge >= 0.3 is 0 Å². The number of amidine groups is 1. The topological polar surface area (TPSA) is 48.2 Å². The fourth-order valence-corrected chi connectivity index (χ4v) is 4.50. The maximum absolute atomic E-state index is 5.00. The zero-order valence-electron chi connectivity index (χ0n) is 16.8. The molecule has 6 nitrogen and oxygen atoms in total. The summed E-state index contributed by atoms with van der Waals surface area (Å²) in [6, 6.07) is 2.32. The van der Waals surface area contributed by atoms with E-state index < -0.39 is 0 Å². The first-order valence-electron chi connectivity index (χ1n) is 10.7. The summed E-state index contributed by atoms with van der Waals surface area (Å²) in [6.45, 7) is 7.15. The molecule has 6 rings (SSSR count). The average molecular weight is 387 g/mol. The fraction of sp³-hybridized carbons (Fsp3) is 0.391. The number of rotatable bonds is 3. The normalized spacial score (nSPS) is 21.8. The number of aryl methyl sites for hydroxylation is 1. The average Bonchev–Trinajstić information content (AvgIpc) is 3.53. The molecule has 0 aromatic carbocycles. The van der Waals surface area contributed by atoms with Gasteiger partial charge in [-0.1, -0.05) is 0 Å². The first kappa shape index (κ1) is 17.0. The first-order valence-corrected chi connectivity index (χ1v) is 10.7. The molecule has 148 valence electrons. The lowest BCUT2D eigenvalue weighted by atomic mass is 10.1. The number of piperazine rings is 1. The second kappa shape index (κ2) is 6.59. The summed E-state index contributed by atoms with van der Waals surface area (Å²) < 4.78 is 2.19. The van der Waals surface area contributed by atoms with Crippen LogP contribution in [0.1, 0.15) is 35.6 Å². The fourth-order valence-electron chi connectivity index (χ4n) is 4.50. The third-order valence-corrected chi connectivity index (χ3v) is 6.20. The van der Waals surface area contributed by atoms with E-state index >= 15 is 0 Å². The van der Waals surface area contributed by atoms with Crippen LogP contribution >= 0.6 is 0 Å². The molecule has 1 saturated heterocycles. The molecule has 2 fully saturated rings. The Bertz CT molecular complexity index is 1090. The monoisotopic (exact) mass is 386 g/mol. The molecule has 6 heteroatoms. The van der Waals surface area contributed by atoms with Crippen molar-refractivity contribution in [1.82, 2.24) is 24.5 Å². The van der Waals surface area contributed by atoms with Crippen LogP contribution in [0.25, 0.3) is 11.3 Å². The van der Waals surface area contributed by atoms with Gasteiger partial charge in [0.25, 0.3) is 0 Å². The van der Waals surface area contributed by atoms with Gasteiger partial charge in [0, 0.05) is 56.9 Å². The van der Waals surface area contributed by atoms with Crippen LogP contribution in [0.5, 0.6) is 0 Å². The molecule has 1 aliphatic carbocycles. The van der Waals surface area contributed by atoms with Gasteiger partial charge in [0.05, 0.1) is 17.1 Å². The van der Waals surface area contributed by atoms with Crippen molar-refractivity contribution in [3.8, 4) is 0 Å². The minimum absolute atomic E-state index is 0.659. The number of hydrogen-bond acceptors (Lipinski definition) is 5. The largest absolute Gasteiger partial charge is 0.368 e. The van der Waals surface area contributed by atoms with E-state index in [-0.39, 0.29) is 0 Å². The van der Waals surface area contributed by atoms with Crippen LogP contribution in [0.15, 0.2) is 53.6 Å². The molecule has 1 saturated carbocycles. The zero-order valence-corrected chi connectivity index (χ0v) is 16.8. The molecular weight excluding hydrogens is 360 g/mol. The van der Waals surface area contributed by atoms with Crippen molar-refractivity contribution in [2.75, 3.05) is 32.7 Å². The zero-order chi connectivity index (χ0) is 19.4. The molecule has 0 bridgehead atoms. The van der Waals surface area contributed by atoms with Crippen LogP contribution in [-0.4, -0.2) is 57.7 Å². The molecule has 29 heavy (non-hydrogen) atoms. The van der Waals surface area contributed by atoms with Crippen molar-refractivity contribution in [2.45, 2.75) is 25.7 Å². The van der Waals surface area contributed by atoms with E-state index in [1.807, 2.05) is 0 Å². The van der Waals surface area contributed by atoms with E-state index in [0.29, 0.717) is 5.92 Å². The van der Waals surface area contributed by atoms with Gasteiger partial charge < -0.3 is 19.5 Å². The van der Waals surface area contributed by atoms with E-state index in [1.54, 1.807) is 0 Å². The molecular formula is C23H26N6. The highest BCUT2D eigenvalue weighted by Crippen LogP contribution is 2.42. The molecule has 4 aliphatic rings. The molecule has 0 unspecified atom stereocenters. The van der Waals surface area contributed by atoms with E-state index in [9.17, 15) is 0 Å². The highest BCUT2D eigenvalue weighted by Gasteiger charge is 2.28. The van der Waals surface area contributed by atoms with Crippen LogP contribution in [0.3, 0.4) is 0 Å². The molecule has 3 aliphatic heterocycles. The van der Waals surface area contributed by atoms with Crippen molar-refractivity contribution in [1.29, 1.82) is 0 Å². The number of aromatic nitrogens is 2. The number of aliphatic imine (C=N–C) groups is 1. The number of nitrogens with zero attached hydrogens (tertiary/aromatic N) is 5. The number of allylic oxidation sites excluding steroid dienone is 1. The maximum atomic E-state index is 5.00. The Labute approximate surface area is 170 Å². The number of hydrogen-bond donors (Lipinski definition) is 1. The third kappa shape index (κ3) is 3.08. The van der Waals surface area contributed by atoms with E-state index in [1.165, 1.54) is 29.7 Å². The van der Waals surface area contributed by atoms with Crippen LogP contribution in [0.2, 0.25) is 0 Å². The van der Waals surface area contributed by atoms with Crippen LogP contribution in [0, 0.1) is 6.92 Å². The van der Waals surface area contributed by atoms with Gasteiger partial charge in [0.1, 0.15) is 11.5 Å². The quantitative estimate of drug-likeness (QED) is 0.881. The second-order valence-corrected chi connectivity index (χ2v) is 8.41. The summed E-state index contributed by atoms with van der Waals surface area (Å²) in [5, 5.41) is 3.42. The van der Waals surface area contributed by atoms with Crippen molar-refractivity contribution >= 4 is 17.2 Å². The minimum Gasteiger partial charge on any atom is -0.368 e. The van der Waals surface area contributed by atoms with Crippen molar-refractivity contribution in [2.24, 2.45) is 4.99 Å². The summed E-state index contributed by atoms with van der Waals surface area (Å²) in [7, 11) is 0. The van der Waals surface area contributed by atoms with Gasteiger partial charge in [-0.25, -0.2) is 9.98 Å². The molecule has 2 aromatic heterocycles. The number of pyridine rings is 1. The Kier molecular flexibility index (Phi) is 3.87. The van der Waals surface area contributed by atoms with Gasteiger partial charge in [-0.05, 0) is 55.5 Å². The maximum Gasteiger partial charge on any atom is 0.140 e. The van der Waals surface area contributed by atoms with Gasteiger partial charge in [0.15, 0.2) is 0 Å². The first-order chi connectivity index (χ1) is 14.2. The second-order valence-electron chi connectivity index (χ2n) is 8.41. The summed E-state index contributed by atoms with van der Waals surface area (Å²) >= 11 is 0. The van der Waals surface area contributed by atoms with E-state index in [0.717, 1.165) is 55.6 Å². The number of fused-ring (bicyclic) bond motifs is 2. The molecule has 2 aromatic rings. The Morgan fingerprint density at radius 1 is 1.10 bits per heavy atom. The van der Waals surface area contributed by atoms with Crippen LogP contribution in [-0.2, 0) is 0 Å². The third-order valence-electron chi connectivity index (χ3n) is 6.20. The number of imidazole rings is 1. The summed E-state index contributed by atoms with van der Waals surface area (Å²) in [5.74, 6) is 1.68. The smallest absolute Gasteiger partial charge is 0.140 e. The molecule has 5 heterocycles. The van der Waals surface area contributed by atoms with Gasteiger partial charge in [-0.3, -0.25) is 0 Å². The van der Waals surface area contributed by atoms with Crippen LogP contribution in [0.4, 0.5) is 0 Å². The summed E-state index contributed by atoms with van der Waals surface area (Å²) in [5.41, 5.74) is 7.10. The van der Waals surface area contributed by atoms with Gasteiger partial charge in [-0.15, -0.1) is 0 Å². The minimum atomic E-state index is 0.659. The van der Waals surface area contributed by atoms with Gasteiger partial charge in [0.2, 0.25) is 0 Å². The lowest BCUT2D eigenvalue weighted by Crippen LogP contribution is -2.44. The lowest BCUT2D eigenvalue weighted by Gasteiger charge is -2.34. The molecule has 0 atom stereocenters.